The maximum atomic E-state index is 12.7. The van der Waals surface area contributed by atoms with Gasteiger partial charge in [0.15, 0.2) is 5.82 Å². The molecule has 3 heterocycles. The van der Waals surface area contributed by atoms with Crippen molar-refractivity contribution in [2.45, 2.75) is 20.4 Å². The highest BCUT2D eigenvalue weighted by Crippen LogP contribution is 2.32. The molecule has 0 spiro atoms. The summed E-state index contributed by atoms with van der Waals surface area (Å²) in [6.45, 7) is 6.46. The second kappa shape index (κ2) is 9.74. The van der Waals surface area contributed by atoms with Crippen molar-refractivity contribution in [3.8, 4) is 0 Å². The lowest BCUT2D eigenvalue weighted by molar-refractivity contribution is -0.119. The van der Waals surface area contributed by atoms with E-state index in [9.17, 15) is 14.7 Å². The Kier molecular flexibility index (Phi) is 6.77. The molecule has 0 bridgehead atoms. The van der Waals surface area contributed by atoms with E-state index in [1.54, 1.807) is 16.3 Å². The van der Waals surface area contributed by atoms with Gasteiger partial charge in [0.2, 0.25) is 11.9 Å². The highest BCUT2D eigenvalue weighted by molar-refractivity contribution is 7.12. The fourth-order valence-electron chi connectivity index (χ4n) is 3.65. The standard InChI is InChI=1S/C22H23ClN6O3S/c1-3-28-11-13-5-6-14(9-17(13)29(4-2)18(30)12-28)25-22-24-10-15(23)20(27-22)26-16-7-8-33-19(16)21(31)32/h5-10H,3-4,11-12H2,1-2H3,(H,31,32)(H2,24,25,26,27). The van der Waals surface area contributed by atoms with E-state index in [0.29, 0.717) is 25.3 Å². The number of halogens is 1. The first-order valence-corrected chi connectivity index (χ1v) is 11.7. The molecule has 0 radical (unpaired) electrons. The van der Waals surface area contributed by atoms with E-state index >= 15 is 0 Å². The van der Waals surface area contributed by atoms with E-state index in [0.717, 1.165) is 34.8 Å². The maximum absolute atomic E-state index is 12.7. The predicted octanol–water partition coefficient (Wildman–Crippen LogP) is 4.57. The summed E-state index contributed by atoms with van der Waals surface area (Å²) in [5.74, 6) is -0.395. The number of benzene rings is 1. The molecule has 0 fully saturated rings. The summed E-state index contributed by atoms with van der Waals surface area (Å²) >= 11 is 7.34. The number of carboxylic acids is 1. The van der Waals surface area contributed by atoms with Crippen molar-refractivity contribution in [1.82, 2.24) is 14.9 Å². The van der Waals surface area contributed by atoms with Crippen LogP contribution < -0.4 is 15.5 Å². The van der Waals surface area contributed by atoms with Crippen LogP contribution in [0.5, 0.6) is 0 Å². The fourth-order valence-corrected chi connectivity index (χ4v) is 4.48. The average molecular weight is 487 g/mol. The molecular weight excluding hydrogens is 464 g/mol. The highest BCUT2D eigenvalue weighted by Gasteiger charge is 2.25. The Bertz CT molecular complexity index is 1200. The van der Waals surface area contributed by atoms with Crippen molar-refractivity contribution in [2.24, 2.45) is 0 Å². The third-order valence-electron chi connectivity index (χ3n) is 5.31. The molecule has 3 N–H and O–H groups in total. The summed E-state index contributed by atoms with van der Waals surface area (Å²) in [4.78, 5) is 36.8. The molecule has 11 heteroatoms. The first-order valence-electron chi connectivity index (χ1n) is 10.4. The molecule has 172 valence electrons. The van der Waals surface area contributed by atoms with Crippen LogP contribution in [0.15, 0.2) is 35.8 Å². The Morgan fingerprint density at radius 2 is 2.03 bits per heavy atom. The van der Waals surface area contributed by atoms with Crippen LogP contribution in [0.4, 0.5) is 28.8 Å². The minimum Gasteiger partial charge on any atom is -0.477 e. The number of carbonyl (C=O) groups is 2. The van der Waals surface area contributed by atoms with Crippen molar-refractivity contribution in [3.63, 3.8) is 0 Å². The van der Waals surface area contributed by atoms with Gasteiger partial charge in [-0.2, -0.15) is 4.98 Å². The van der Waals surface area contributed by atoms with Gasteiger partial charge in [-0.3, -0.25) is 9.69 Å². The number of hydrogen-bond acceptors (Lipinski definition) is 8. The lowest BCUT2D eigenvalue weighted by Gasteiger charge is -2.21. The third-order valence-corrected chi connectivity index (χ3v) is 6.49. The highest BCUT2D eigenvalue weighted by atomic mass is 35.5. The molecule has 1 aliphatic rings. The normalized spacial score (nSPS) is 14.0. The molecular formula is C22H23ClN6O3S. The lowest BCUT2D eigenvalue weighted by atomic mass is 10.1. The first-order chi connectivity index (χ1) is 15.9. The molecule has 0 saturated carbocycles. The topological polar surface area (TPSA) is 111 Å². The lowest BCUT2D eigenvalue weighted by Crippen LogP contribution is -2.37. The molecule has 0 unspecified atom stereocenters. The molecule has 1 aliphatic heterocycles. The van der Waals surface area contributed by atoms with Gasteiger partial charge in [0.1, 0.15) is 9.90 Å². The molecule has 1 amide bonds. The van der Waals surface area contributed by atoms with E-state index in [1.165, 1.54) is 6.20 Å². The number of hydrogen-bond donors (Lipinski definition) is 3. The van der Waals surface area contributed by atoms with Crippen LogP contribution >= 0.6 is 22.9 Å². The average Bonchev–Trinajstić information content (AvgIpc) is 3.20. The summed E-state index contributed by atoms with van der Waals surface area (Å²) in [6.07, 6.45) is 1.44. The molecule has 3 aromatic rings. The van der Waals surface area contributed by atoms with Gasteiger partial charge < -0.3 is 20.6 Å². The van der Waals surface area contributed by atoms with E-state index in [4.69, 9.17) is 11.6 Å². The second-order valence-corrected chi connectivity index (χ2v) is 8.72. The first kappa shape index (κ1) is 23.0. The van der Waals surface area contributed by atoms with E-state index in [-0.39, 0.29) is 27.6 Å². The molecule has 4 rings (SSSR count). The zero-order valence-electron chi connectivity index (χ0n) is 18.1. The number of aromatic nitrogens is 2. The Hall–Kier alpha value is -3.21. The summed E-state index contributed by atoms with van der Waals surface area (Å²) < 4.78 is 0. The summed E-state index contributed by atoms with van der Waals surface area (Å²) in [7, 11) is 0. The van der Waals surface area contributed by atoms with E-state index < -0.39 is 5.97 Å². The van der Waals surface area contributed by atoms with Gasteiger partial charge in [-0.1, -0.05) is 24.6 Å². The third kappa shape index (κ3) is 4.92. The van der Waals surface area contributed by atoms with Gasteiger partial charge in [-0.15, -0.1) is 11.3 Å². The van der Waals surface area contributed by atoms with E-state index in [2.05, 4.69) is 25.5 Å². The molecule has 2 aromatic heterocycles. The number of carbonyl (C=O) groups excluding carboxylic acids is 1. The van der Waals surface area contributed by atoms with Crippen molar-refractivity contribution in [3.05, 3.63) is 51.3 Å². The summed E-state index contributed by atoms with van der Waals surface area (Å²) in [6, 6.07) is 7.49. The minimum absolute atomic E-state index is 0.0643. The van der Waals surface area contributed by atoms with Gasteiger partial charge >= 0.3 is 5.97 Å². The zero-order valence-corrected chi connectivity index (χ0v) is 19.7. The van der Waals surface area contributed by atoms with Crippen LogP contribution in [-0.2, 0) is 11.3 Å². The molecule has 0 atom stereocenters. The Morgan fingerprint density at radius 1 is 1.21 bits per heavy atom. The number of anilines is 5. The van der Waals surface area contributed by atoms with Crippen molar-refractivity contribution < 1.29 is 14.7 Å². The van der Waals surface area contributed by atoms with Crippen LogP contribution in [0, 0.1) is 0 Å². The zero-order chi connectivity index (χ0) is 23.5. The van der Waals surface area contributed by atoms with Gasteiger partial charge in [-0.05, 0) is 42.6 Å². The molecule has 9 nitrogen and oxygen atoms in total. The van der Waals surface area contributed by atoms with Gasteiger partial charge in [-0.25, -0.2) is 9.78 Å². The number of nitrogens with one attached hydrogen (secondary N) is 2. The smallest absolute Gasteiger partial charge is 0.348 e. The van der Waals surface area contributed by atoms with Crippen LogP contribution in [0.25, 0.3) is 0 Å². The maximum Gasteiger partial charge on any atom is 0.348 e. The Balaban J connectivity index is 1.61. The number of rotatable bonds is 7. The number of nitrogens with zero attached hydrogens (tertiary/aromatic N) is 4. The molecule has 0 aliphatic carbocycles. The van der Waals surface area contributed by atoms with Crippen LogP contribution in [0.1, 0.15) is 29.1 Å². The van der Waals surface area contributed by atoms with Crippen LogP contribution in [-0.4, -0.2) is 51.5 Å². The summed E-state index contributed by atoms with van der Waals surface area (Å²) in [5, 5.41) is 17.4. The summed E-state index contributed by atoms with van der Waals surface area (Å²) in [5.41, 5.74) is 3.06. The number of fused-ring (bicyclic) bond motifs is 1. The van der Waals surface area contributed by atoms with Crippen LogP contribution in [0.2, 0.25) is 5.02 Å². The van der Waals surface area contributed by atoms with E-state index in [1.807, 2.05) is 32.0 Å². The number of thiophene rings is 1. The Labute approximate surface area is 200 Å². The number of carboxylic acid groups (broad SMARTS) is 1. The monoisotopic (exact) mass is 486 g/mol. The number of likely N-dealkylation sites (N-methyl/N-ethyl adjacent to an activating group) is 2. The molecule has 33 heavy (non-hydrogen) atoms. The largest absolute Gasteiger partial charge is 0.477 e. The minimum atomic E-state index is -1.03. The van der Waals surface area contributed by atoms with Crippen molar-refractivity contribution in [1.29, 1.82) is 0 Å². The van der Waals surface area contributed by atoms with Crippen LogP contribution in [0.3, 0.4) is 0 Å². The Morgan fingerprint density at radius 3 is 2.76 bits per heavy atom. The fraction of sp³-hybridized carbons (Fsp3) is 0.273. The van der Waals surface area contributed by atoms with Crippen molar-refractivity contribution in [2.75, 3.05) is 35.2 Å². The number of amides is 1. The van der Waals surface area contributed by atoms with Gasteiger partial charge in [0.25, 0.3) is 0 Å². The van der Waals surface area contributed by atoms with Gasteiger partial charge in [0.05, 0.1) is 24.1 Å². The second-order valence-electron chi connectivity index (χ2n) is 7.39. The SMILES string of the molecule is CCN1CC(=O)N(CC)c2cc(Nc3ncc(Cl)c(Nc4ccsc4C(=O)O)n3)ccc2C1. The van der Waals surface area contributed by atoms with Crippen molar-refractivity contribution >= 4 is 63.6 Å². The molecule has 1 aromatic carbocycles. The quantitative estimate of drug-likeness (QED) is 0.445. The number of aromatic carboxylic acids is 1. The predicted molar refractivity (Wildman–Crippen MR) is 130 cm³/mol. The van der Waals surface area contributed by atoms with Gasteiger partial charge in [0, 0.05) is 18.8 Å². The molecule has 0 saturated heterocycles.